The van der Waals surface area contributed by atoms with Crippen molar-refractivity contribution in [3.63, 3.8) is 0 Å². The molecule has 1 aromatic carbocycles. The second kappa shape index (κ2) is 8.14. The number of piperidine rings is 1. The highest BCUT2D eigenvalue weighted by atomic mass is 16.2. The molecule has 2 N–H and O–H groups in total. The van der Waals surface area contributed by atoms with Crippen LogP contribution in [0.3, 0.4) is 0 Å². The van der Waals surface area contributed by atoms with E-state index in [9.17, 15) is 9.59 Å². The van der Waals surface area contributed by atoms with E-state index in [1.54, 1.807) is 10.9 Å². The monoisotopic (exact) mass is 355 g/mol. The summed E-state index contributed by atoms with van der Waals surface area (Å²) in [4.78, 5) is 26.1. The molecule has 1 fully saturated rings. The Bertz CT molecular complexity index is 778. The summed E-state index contributed by atoms with van der Waals surface area (Å²) in [5, 5.41) is 10.2. The Morgan fingerprint density at radius 2 is 1.96 bits per heavy atom. The summed E-state index contributed by atoms with van der Waals surface area (Å²) in [7, 11) is 2.10. The summed E-state index contributed by atoms with van der Waals surface area (Å²) in [5.41, 5.74) is 2.21. The van der Waals surface area contributed by atoms with Crippen LogP contribution in [-0.4, -0.2) is 52.7 Å². The Labute approximate surface area is 153 Å². The number of carbonyl (C=O) groups excluding carboxylic acids is 2. The molecule has 2 amide bonds. The molecule has 0 unspecified atom stereocenters. The number of benzene rings is 1. The number of amides is 2. The second-order valence-corrected chi connectivity index (χ2v) is 6.77. The molecule has 0 radical (unpaired) electrons. The predicted octanol–water partition coefficient (Wildman–Crippen LogP) is 1.33. The minimum Gasteiger partial charge on any atom is -0.352 e. The van der Waals surface area contributed by atoms with E-state index in [1.165, 1.54) is 6.92 Å². The van der Waals surface area contributed by atoms with Gasteiger partial charge in [0.25, 0.3) is 5.91 Å². The lowest BCUT2D eigenvalue weighted by molar-refractivity contribution is -0.119. The Morgan fingerprint density at radius 1 is 1.23 bits per heavy atom. The normalized spacial score (nSPS) is 15.6. The fourth-order valence-corrected chi connectivity index (χ4v) is 3.09. The molecule has 1 aliphatic heterocycles. The molecule has 0 saturated carbocycles. The lowest BCUT2D eigenvalue weighted by Gasteiger charge is -2.29. The van der Waals surface area contributed by atoms with Gasteiger partial charge in [-0.3, -0.25) is 9.59 Å². The van der Waals surface area contributed by atoms with Gasteiger partial charge in [0.05, 0.1) is 17.4 Å². The Balaban J connectivity index is 1.73. The lowest BCUT2D eigenvalue weighted by Crippen LogP contribution is -2.43. The average Bonchev–Trinajstić information content (AvgIpc) is 3.11. The van der Waals surface area contributed by atoms with Gasteiger partial charge in [-0.15, -0.1) is 0 Å². The molecule has 7 heteroatoms. The van der Waals surface area contributed by atoms with Crippen LogP contribution in [0.15, 0.2) is 36.7 Å². The van der Waals surface area contributed by atoms with Crippen LogP contribution >= 0.6 is 0 Å². The van der Waals surface area contributed by atoms with Crippen LogP contribution in [0.25, 0.3) is 5.69 Å². The van der Waals surface area contributed by atoms with Gasteiger partial charge in [0, 0.05) is 31.3 Å². The van der Waals surface area contributed by atoms with Crippen LogP contribution < -0.4 is 10.6 Å². The van der Waals surface area contributed by atoms with E-state index in [2.05, 4.69) is 27.7 Å². The summed E-state index contributed by atoms with van der Waals surface area (Å²) in [5.74, 6) is -0.162. The number of hydrogen-bond donors (Lipinski definition) is 2. The first kappa shape index (κ1) is 18.1. The van der Waals surface area contributed by atoms with E-state index in [-0.39, 0.29) is 17.9 Å². The zero-order valence-electron chi connectivity index (χ0n) is 15.2. The van der Waals surface area contributed by atoms with Gasteiger partial charge in [-0.25, -0.2) is 4.68 Å². The average molecular weight is 355 g/mol. The highest BCUT2D eigenvalue weighted by Crippen LogP contribution is 2.16. The van der Waals surface area contributed by atoms with Crippen molar-refractivity contribution in [2.75, 3.05) is 20.1 Å². The molecule has 1 saturated heterocycles. The largest absolute Gasteiger partial charge is 0.352 e. The maximum Gasteiger partial charge on any atom is 0.253 e. The minimum atomic E-state index is -0.0874. The zero-order chi connectivity index (χ0) is 18.5. The standard InChI is InChI=1S/C19H25N5O2/c1-14(25)20-11-15-12-21-24(13-15)18-6-4-3-5-17(18)19(26)22-16-7-9-23(2)10-8-16/h3-6,12-13,16H,7-11H2,1-2H3,(H,20,25)(H,22,26). The number of para-hydroxylation sites is 1. The second-order valence-electron chi connectivity index (χ2n) is 6.77. The first-order chi connectivity index (χ1) is 12.5. The molecular weight excluding hydrogens is 330 g/mol. The number of nitrogens with one attached hydrogen (secondary N) is 2. The summed E-state index contributed by atoms with van der Waals surface area (Å²) in [6.45, 7) is 3.89. The van der Waals surface area contributed by atoms with Gasteiger partial charge in [0.1, 0.15) is 0 Å². The quantitative estimate of drug-likeness (QED) is 0.848. The van der Waals surface area contributed by atoms with E-state index in [0.717, 1.165) is 37.2 Å². The molecule has 0 aliphatic carbocycles. The summed E-state index contributed by atoms with van der Waals surface area (Å²) < 4.78 is 1.68. The smallest absolute Gasteiger partial charge is 0.253 e. The van der Waals surface area contributed by atoms with Gasteiger partial charge in [-0.05, 0) is 45.1 Å². The third kappa shape index (κ3) is 4.49. The lowest BCUT2D eigenvalue weighted by atomic mass is 10.0. The number of rotatable bonds is 5. The first-order valence-corrected chi connectivity index (χ1v) is 8.89. The molecule has 1 aromatic heterocycles. The molecule has 0 bridgehead atoms. The molecule has 1 aliphatic rings. The van der Waals surface area contributed by atoms with Crippen molar-refractivity contribution in [3.05, 3.63) is 47.8 Å². The summed E-state index contributed by atoms with van der Waals surface area (Å²) in [6, 6.07) is 7.64. The summed E-state index contributed by atoms with van der Waals surface area (Å²) >= 11 is 0. The van der Waals surface area contributed by atoms with Crippen molar-refractivity contribution in [3.8, 4) is 5.69 Å². The zero-order valence-corrected chi connectivity index (χ0v) is 15.2. The van der Waals surface area contributed by atoms with Crippen molar-refractivity contribution < 1.29 is 9.59 Å². The minimum absolute atomic E-state index is 0.0749. The van der Waals surface area contributed by atoms with Crippen molar-refractivity contribution in [1.29, 1.82) is 0 Å². The van der Waals surface area contributed by atoms with Crippen molar-refractivity contribution in [2.24, 2.45) is 0 Å². The van der Waals surface area contributed by atoms with Crippen LogP contribution in [0.4, 0.5) is 0 Å². The van der Waals surface area contributed by atoms with Crippen molar-refractivity contribution in [1.82, 2.24) is 25.3 Å². The van der Waals surface area contributed by atoms with Gasteiger partial charge in [0.2, 0.25) is 5.91 Å². The molecule has 3 rings (SSSR count). The van der Waals surface area contributed by atoms with E-state index >= 15 is 0 Å². The molecule has 26 heavy (non-hydrogen) atoms. The van der Waals surface area contributed by atoms with Gasteiger partial charge >= 0.3 is 0 Å². The SMILES string of the molecule is CC(=O)NCc1cnn(-c2ccccc2C(=O)NC2CCN(C)CC2)c1. The van der Waals surface area contributed by atoms with Gasteiger partial charge < -0.3 is 15.5 Å². The molecule has 0 atom stereocenters. The van der Waals surface area contributed by atoms with E-state index < -0.39 is 0 Å². The fraction of sp³-hybridized carbons (Fsp3) is 0.421. The number of aromatic nitrogens is 2. The first-order valence-electron chi connectivity index (χ1n) is 8.89. The topological polar surface area (TPSA) is 79.3 Å². The van der Waals surface area contributed by atoms with Crippen LogP contribution in [0.2, 0.25) is 0 Å². The molecule has 2 heterocycles. The van der Waals surface area contributed by atoms with E-state index in [1.807, 2.05) is 30.5 Å². The Hall–Kier alpha value is -2.67. The Morgan fingerprint density at radius 3 is 2.69 bits per heavy atom. The maximum absolute atomic E-state index is 12.8. The third-order valence-corrected chi connectivity index (χ3v) is 4.63. The van der Waals surface area contributed by atoms with Crippen LogP contribution in [-0.2, 0) is 11.3 Å². The van der Waals surface area contributed by atoms with Crippen LogP contribution in [0.5, 0.6) is 0 Å². The molecular formula is C19H25N5O2. The van der Waals surface area contributed by atoms with Gasteiger partial charge in [0.15, 0.2) is 0 Å². The van der Waals surface area contributed by atoms with Crippen LogP contribution in [0.1, 0.15) is 35.7 Å². The molecule has 0 spiro atoms. The number of likely N-dealkylation sites (tertiary alicyclic amines) is 1. The van der Waals surface area contributed by atoms with Gasteiger partial charge in [-0.1, -0.05) is 12.1 Å². The van der Waals surface area contributed by atoms with E-state index in [0.29, 0.717) is 12.1 Å². The van der Waals surface area contributed by atoms with Crippen molar-refractivity contribution in [2.45, 2.75) is 32.4 Å². The van der Waals surface area contributed by atoms with Crippen LogP contribution in [0, 0.1) is 0 Å². The predicted molar refractivity (Wildman–Crippen MR) is 99.1 cm³/mol. The fourth-order valence-electron chi connectivity index (χ4n) is 3.09. The molecule has 7 nitrogen and oxygen atoms in total. The third-order valence-electron chi connectivity index (χ3n) is 4.63. The highest BCUT2D eigenvalue weighted by Gasteiger charge is 2.21. The number of carbonyl (C=O) groups is 2. The van der Waals surface area contributed by atoms with Crippen molar-refractivity contribution >= 4 is 11.8 Å². The summed E-state index contributed by atoms with van der Waals surface area (Å²) in [6.07, 6.45) is 5.46. The molecule has 2 aromatic rings. The Kier molecular flexibility index (Phi) is 5.68. The maximum atomic E-state index is 12.8. The van der Waals surface area contributed by atoms with Gasteiger partial charge in [-0.2, -0.15) is 5.10 Å². The molecule has 138 valence electrons. The number of nitrogens with zero attached hydrogens (tertiary/aromatic N) is 3. The highest BCUT2D eigenvalue weighted by molar-refractivity contribution is 5.97. The van der Waals surface area contributed by atoms with E-state index in [4.69, 9.17) is 0 Å². The number of hydrogen-bond acceptors (Lipinski definition) is 4.